The van der Waals surface area contributed by atoms with Crippen LogP contribution in [0.1, 0.15) is 53.4 Å². The van der Waals surface area contributed by atoms with Gasteiger partial charge in [0.2, 0.25) is 15.9 Å². The molecule has 0 aromatic heterocycles. The maximum atomic E-state index is 12.3. The summed E-state index contributed by atoms with van der Waals surface area (Å²) in [6, 6.07) is 7.71. The maximum Gasteiger partial charge on any atom is 0.221 e. The summed E-state index contributed by atoms with van der Waals surface area (Å²) in [5.41, 5.74) is 1.76. The predicted octanol–water partition coefficient (Wildman–Crippen LogP) is 3.33. The molecule has 1 aromatic rings. The van der Waals surface area contributed by atoms with Gasteiger partial charge in [-0.2, -0.15) is 0 Å². The molecule has 1 aliphatic rings. The topological polar surface area (TPSA) is 87.3 Å². The van der Waals surface area contributed by atoms with Crippen molar-refractivity contribution in [1.29, 1.82) is 0 Å². The third-order valence-corrected chi connectivity index (χ3v) is 7.01. The minimum absolute atomic E-state index is 0.0403. The standard InChI is InChI=1S/C19H31N3O3S/c1-14(23)21-18-7-5-6-17(12-18)20-13-15-8-10-16(11-9-15)22-26(24,25)19(2,3)4/h5-7,12,15-16,20,22H,8-11,13H2,1-4H3,(H,21,23). The second-order valence-electron chi connectivity index (χ2n) is 8.09. The third kappa shape index (κ3) is 5.99. The van der Waals surface area contributed by atoms with Gasteiger partial charge in [0.15, 0.2) is 0 Å². The first-order valence-electron chi connectivity index (χ1n) is 9.20. The molecule has 1 amide bonds. The van der Waals surface area contributed by atoms with E-state index < -0.39 is 14.8 Å². The Balaban J connectivity index is 1.80. The van der Waals surface area contributed by atoms with E-state index >= 15 is 0 Å². The van der Waals surface area contributed by atoms with Crippen molar-refractivity contribution in [3.8, 4) is 0 Å². The SMILES string of the molecule is CC(=O)Nc1cccc(NCC2CCC(NS(=O)(=O)C(C)(C)C)CC2)c1. The summed E-state index contributed by atoms with van der Waals surface area (Å²) in [5, 5.41) is 6.20. The summed E-state index contributed by atoms with van der Waals surface area (Å²) in [6.07, 6.45) is 3.73. The number of hydrogen-bond acceptors (Lipinski definition) is 4. The van der Waals surface area contributed by atoms with E-state index in [2.05, 4.69) is 15.4 Å². The van der Waals surface area contributed by atoms with E-state index in [-0.39, 0.29) is 11.9 Å². The van der Waals surface area contributed by atoms with E-state index in [9.17, 15) is 13.2 Å². The quantitative estimate of drug-likeness (QED) is 0.705. The smallest absolute Gasteiger partial charge is 0.221 e. The van der Waals surface area contributed by atoms with Crippen molar-refractivity contribution >= 4 is 27.3 Å². The van der Waals surface area contributed by atoms with Gasteiger partial charge in [0, 0.05) is 30.9 Å². The van der Waals surface area contributed by atoms with E-state index in [1.807, 2.05) is 24.3 Å². The Kier molecular flexibility index (Phi) is 6.69. The number of carbonyl (C=O) groups is 1. The fourth-order valence-corrected chi connectivity index (χ4v) is 4.08. The van der Waals surface area contributed by atoms with Gasteiger partial charge in [0.1, 0.15) is 0 Å². The fraction of sp³-hybridized carbons (Fsp3) is 0.632. The van der Waals surface area contributed by atoms with Crippen LogP contribution in [0.15, 0.2) is 24.3 Å². The molecule has 6 nitrogen and oxygen atoms in total. The number of benzene rings is 1. The molecule has 0 bridgehead atoms. The number of anilines is 2. The summed E-state index contributed by atoms with van der Waals surface area (Å²) in [7, 11) is -3.28. The number of nitrogens with one attached hydrogen (secondary N) is 3. The van der Waals surface area contributed by atoms with Crippen LogP contribution >= 0.6 is 0 Å². The van der Waals surface area contributed by atoms with E-state index in [0.29, 0.717) is 5.92 Å². The number of sulfonamides is 1. The van der Waals surface area contributed by atoms with Crippen LogP contribution in [0.3, 0.4) is 0 Å². The fourth-order valence-electron chi connectivity index (χ4n) is 3.05. The zero-order valence-corrected chi connectivity index (χ0v) is 16.9. The number of carbonyl (C=O) groups excluding carboxylic acids is 1. The van der Waals surface area contributed by atoms with E-state index in [1.165, 1.54) is 6.92 Å². The van der Waals surface area contributed by atoms with Crippen LogP contribution < -0.4 is 15.4 Å². The maximum absolute atomic E-state index is 12.3. The molecule has 1 aromatic carbocycles. The zero-order valence-electron chi connectivity index (χ0n) is 16.1. The molecule has 1 saturated carbocycles. The Morgan fingerprint density at radius 1 is 1.12 bits per heavy atom. The molecule has 26 heavy (non-hydrogen) atoms. The highest BCUT2D eigenvalue weighted by atomic mass is 32.2. The van der Waals surface area contributed by atoms with Gasteiger partial charge in [-0.1, -0.05) is 6.07 Å². The van der Waals surface area contributed by atoms with Crippen molar-refractivity contribution in [3.05, 3.63) is 24.3 Å². The third-order valence-electron chi connectivity index (χ3n) is 4.75. The highest BCUT2D eigenvalue weighted by Crippen LogP contribution is 2.27. The van der Waals surface area contributed by atoms with Crippen LogP contribution in [0.5, 0.6) is 0 Å². The Hall–Kier alpha value is -1.60. The van der Waals surface area contributed by atoms with E-state index in [0.717, 1.165) is 43.6 Å². The van der Waals surface area contributed by atoms with Gasteiger partial charge in [-0.25, -0.2) is 13.1 Å². The van der Waals surface area contributed by atoms with Crippen molar-refractivity contribution in [2.75, 3.05) is 17.2 Å². The van der Waals surface area contributed by atoms with Gasteiger partial charge in [0.05, 0.1) is 4.75 Å². The van der Waals surface area contributed by atoms with Gasteiger partial charge in [-0.15, -0.1) is 0 Å². The molecule has 0 unspecified atom stereocenters. The molecule has 7 heteroatoms. The minimum Gasteiger partial charge on any atom is -0.385 e. The lowest BCUT2D eigenvalue weighted by Gasteiger charge is -2.31. The summed E-state index contributed by atoms with van der Waals surface area (Å²) in [4.78, 5) is 11.1. The summed E-state index contributed by atoms with van der Waals surface area (Å²) < 4.78 is 26.6. The van der Waals surface area contributed by atoms with Gasteiger partial charge in [-0.3, -0.25) is 4.79 Å². The molecular formula is C19H31N3O3S. The molecule has 0 saturated heterocycles. The lowest BCUT2D eigenvalue weighted by Crippen LogP contribution is -2.46. The predicted molar refractivity (Wildman–Crippen MR) is 107 cm³/mol. The summed E-state index contributed by atoms with van der Waals surface area (Å²) in [6.45, 7) is 7.51. The van der Waals surface area contributed by atoms with Crippen LogP contribution in [0.2, 0.25) is 0 Å². The average Bonchev–Trinajstić information content (AvgIpc) is 2.52. The normalized spacial score (nSPS) is 21.2. The van der Waals surface area contributed by atoms with Crippen molar-refractivity contribution in [1.82, 2.24) is 4.72 Å². The molecule has 0 spiro atoms. The zero-order chi connectivity index (χ0) is 19.4. The molecule has 2 rings (SSSR count). The van der Waals surface area contributed by atoms with Crippen LogP contribution in [0, 0.1) is 5.92 Å². The number of amides is 1. The number of rotatable bonds is 6. The van der Waals surface area contributed by atoms with Crippen LogP contribution in [0.4, 0.5) is 11.4 Å². The summed E-state index contributed by atoms with van der Waals surface area (Å²) >= 11 is 0. The van der Waals surface area contributed by atoms with Crippen molar-refractivity contribution in [2.45, 2.75) is 64.2 Å². The minimum atomic E-state index is -3.28. The van der Waals surface area contributed by atoms with Crippen molar-refractivity contribution in [3.63, 3.8) is 0 Å². The van der Waals surface area contributed by atoms with Crippen LogP contribution in [-0.2, 0) is 14.8 Å². The first-order valence-corrected chi connectivity index (χ1v) is 10.7. The van der Waals surface area contributed by atoms with E-state index in [4.69, 9.17) is 0 Å². The largest absolute Gasteiger partial charge is 0.385 e. The molecule has 0 aliphatic heterocycles. The lowest BCUT2D eigenvalue weighted by molar-refractivity contribution is -0.114. The van der Waals surface area contributed by atoms with Gasteiger partial charge in [0.25, 0.3) is 0 Å². The molecule has 1 aliphatic carbocycles. The number of hydrogen-bond donors (Lipinski definition) is 3. The Labute approximate surface area is 157 Å². The second-order valence-corrected chi connectivity index (χ2v) is 10.6. The van der Waals surface area contributed by atoms with E-state index in [1.54, 1.807) is 20.8 Å². The molecule has 3 N–H and O–H groups in total. The second kappa shape index (κ2) is 8.39. The molecule has 0 radical (unpaired) electrons. The Morgan fingerprint density at radius 2 is 1.73 bits per heavy atom. The van der Waals surface area contributed by atoms with Gasteiger partial charge in [-0.05, 0) is 70.6 Å². The van der Waals surface area contributed by atoms with Crippen LogP contribution in [-0.4, -0.2) is 31.7 Å². The molecule has 0 atom stereocenters. The average molecular weight is 382 g/mol. The molecule has 1 fully saturated rings. The first-order chi connectivity index (χ1) is 12.1. The van der Waals surface area contributed by atoms with Crippen molar-refractivity contribution < 1.29 is 13.2 Å². The van der Waals surface area contributed by atoms with Crippen LogP contribution in [0.25, 0.3) is 0 Å². The highest BCUT2D eigenvalue weighted by Gasteiger charge is 2.32. The Bertz CT molecular complexity index is 718. The molecule has 146 valence electrons. The monoisotopic (exact) mass is 381 g/mol. The highest BCUT2D eigenvalue weighted by molar-refractivity contribution is 7.90. The van der Waals surface area contributed by atoms with Gasteiger partial charge >= 0.3 is 0 Å². The summed E-state index contributed by atoms with van der Waals surface area (Å²) in [5.74, 6) is 0.438. The lowest BCUT2D eigenvalue weighted by atomic mass is 9.86. The molecular weight excluding hydrogens is 350 g/mol. The van der Waals surface area contributed by atoms with Crippen molar-refractivity contribution in [2.24, 2.45) is 5.92 Å². The van der Waals surface area contributed by atoms with Gasteiger partial charge < -0.3 is 10.6 Å². The molecule has 0 heterocycles. The Morgan fingerprint density at radius 3 is 2.31 bits per heavy atom. The first kappa shape index (κ1) is 20.7.